The number of rotatable bonds is 6. The number of hydrogen-bond acceptors (Lipinski definition) is 5. The number of nitrogen functional groups attached to an aromatic ring is 1. The third-order valence-corrected chi connectivity index (χ3v) is 3.86. The molecule has 0 aliphatic carbocycles. The van der Waals surface area contributed by atoms with Crippen LogP contribution in [0.4, 0.5) is 5.69 Å². The molecule has 23 heavy (non-hydrogen) atoms. The first-order chi connectivity index (χ1) is 10.9. The van der Waals surface area contributed by atoms with Gasteiger partial charge in [-0.1, -0.05) is 6.07 Å². The van der Waals surface area contributed by atoms with Gasteiger partial charge in [0, 0.05) is 32.6 Å². The van der Waals surface area contributed by atoms with E-state index in [0.29, 0.717) is 24.3 Å². The predicted octanol–water partition coefficient (Wildman–Crippen LogP) is 1.27. The molecule has 1 aromatic carbocycles. The number of likely N-dealkylation sites (N-methyl/N-ethyl adjacent to an activating group) is 1. The molecule has 1 amide bonds. The second-order valence-corrected chi connectivity index (χ2v) is 6.36. The van der Waals surface area contributed by atoms with Gasteiger partial charge in [-0.2, -0.15) is 0 Å². The normalized spacial score (nSPS) is 16.5. The van der Waals surface area contributed by atoms with Gasteiger partial charge >= 0.3 is 0 Å². The van der Waals surface area contributed by atoms with Crippen LogP contribution in [0.1, 0.15) is 25.8 Å². The first kappa shape index (κ1) is 17.6. The van der Waals surface area contributed by atoms with Crippen molar-refractivity contribution in [1.82, 2.24) is 15.3 Å². The first-order valence-electron chi connectivity index (χ1n) is 8.22. The van der Waals surface area contributed by atoms with Crippen LogP contribution in [0.15, 0.2) is 18.2 Å². The van der Waals surface area contributed by atoms with Crippen molar-refractivity contribution in [3.8, 4) is 5.75 Å². The molecular formula is C17H28N4O2. The molecule has 0 atom stereocenters. The summed E-state index contributed by atoms with van der Waals surface area (Å²) in [5.74, 6) is 0.751. The monoisotopic (exact) mass is 320 g/mol. The van der Waals surface area contributed by atoms with Crippen LogP contribution in [0.2, 0.25) is 0 Å². The summed E-state index contributed by atoms with van der Waals surface area (Å²) in [7, 11) is 2.09. The lowest BCUT2D eigenvalue weighted by molar-refractivity contribution is -0.126. The molecule has 1 aromatic rings. The molecule has 6 nitrogen and oxygen atoms in total. The van der Waals surface area contributed by atoms with Crippen molar-refractivity contribution in [2.45, 2.75) is 32.8 Å². The second kappa shape index (κ2) is 8.17. The van der Waals surface area contributed by atoms with Crippen LogP contribution in [0, 0.1) is 0 Å². The number of hydrogen-bond donors (Lipinski definition) is 2. The van der Waals surface area contributed by atoms with E-state index in [0.717, 1.165) is 31.7 Å². The van der Waals surface area contributed by atoms with Gasteiger partial charge < -0.3 is 15.4 Å². The van der Waals surface area contributed by atoms with E-state index < -0.39 is 0 Å². The summed E-state index contributed by atoms with van der Waals surface area (Å²) in [4.78, 5) is 14.3. The smallest absolute Gasteiger partial charge is 0.234 e. The third-order valence-electron chi connectivity index (χ3n) is 3.86. The first-order valence-corrected chi connectivity index (χ1v) is 8.22. The van der Waals surface area contributed by atoms with Crippen LogP contribution in [-0.2, 0) is 11.2 Å². The number of anilines is 1. The van der Waals surface area contributed by atoms with E-state index in [2.05, 4.69) is 17.4 Å². The van der Waals surface area contributed by atoms with Crippen molar-refractivity contribution >= 4 is 11.6 Å². The number of carbonyl (C=O) groups is 1. The summed E-state index contributed by atoms with van der Waals surface area (Å²) >= 11 is 0. The molecule has 1 aliphatic rings. The molecule has 0 unspecified atom stereocenters. The Kier molecular flexibility index (Phi) is 6.24. The number of amides is 1. The van der Waals surface area contributed by atoms with E-state index in [1.807, 2.05) is 37.1 Å². The van der Waals surface area contributed by atoms with Gasteiger partial charge in [0.2, 0.25) is 5.91 Å². The number of nitrogens with zero attached hydrogens (tertiary/aromatic N) is 2. The molecule has 1 fully saturated rings. The molecule has 0 spiro atoms. The standard InChI is InChI=1S/C17H28N4O2/c1-13(2)23-16-6-4-14(12-15(16)18)5-7-17(22)19-21-10-8-20(3)9-11-21/h4,6,12-13H,5,7-11,18H2,1-3H3,(H,19,22). The maximum Gasteiger partial charge on any atom is 0.234 e. The molecule has 6 heteroatoms. The zero-order valence-electron chi connectivity index (χ0n) is 14.3. The fourth-order valence-corrected chi connectivity index (χ4v) is 2.52. The van der Waals surface area contributed by atoms with Crippen molar-refractivity contribution in [3.05, 3.63) is 23.8 Å². The number of benzene rings is 1. The fraction of sp³-hybridized carbons (Fsp3) is 0.588. The topological polar surface area (TPSA) is 70.8 Å². The minimum absolute atomic E-state index is 0.0515. The van der Waals surface area contributed by atoms with Crippen LogP contribution in [-0.4, -0.2) is 55.1 Å². The summed E-state index contributed by atoms with van der Waals surface area (Å²) in [6.45, 7) is 7.64. The highest BCUT2D eigenvalue weighted by Gasteiger charge is 2.15. The van der Waals surface area contributed by atoms with E-state index in [-0.39, 0.29) is 12.0 Å². The molecule has 0 saturated carbocycles. The number of nitrogens with two attached hydrogens (primary N) is 1. The molecular weight excluding hydrogens is 292 g/mol. The average molecular weight is 320 g/mol. The minimum atomic E-state index is 0.0515. The lowest BCUT2D eigenvalue weighted by Crippen LogP contribution is -2.52. The Morgan fingerprint density at radius 2 is 2.00 bits per heavy atom. The van der Waals surface area contributed by atoms with Crippen molar-refractivity contribution in [2.75, 3.05) is 39.0 Å². The van der Waals surface area contributed by atoms with Crippen LogP contribution in [0.25, 0.3) is 0 Å². The summed E-state index contributed by atoms with van der Waals surface area (Å²) in [5.41, 5.74) is 10.6. The van der Waals surface area contributed by atoms with Gasteiger partial charge in [0.1, 0.15) is 5.75 Å². The average Bonchev–Trinajstić information content (AvgIpc) is 2.50. The Bertz CT molecular complexity index is 525. The quantitative estimate of drug-likeness (QED) is 0.773. The molecule has 0 bridgehead atoms. The Balaban J connectivity index is 1.79. The lowest BCUT2D eigenvalue weighted by Gasteiger charge is -2.32. The molecule has 1 aliphatic heterocycles. The second-order valence-electron chi connectivity index (χ2n) is 6.36. The Hall–Kier alpha value is -1.79. The molecule has 3 N–H and O–H groups in total. The van der Waals surface area contributed by atoms with E-state index in [4.69, 9.17) is 10.5 Å². The molecule has 1 saturated heterocycles. The third kappa shape index (κ3) is 5.73. The van der Waals surface area contributed by atoms with Gasteiger partial charge in [-0.25, -0.2) is 5.01 Å². The van der Waals surface area contributed by atoms with Crippen LogP contribution in [0.3, 0.4) is 0 Å². The number of carbonyl (C=O) groups excluding carboxylic acids is 1. The van der Waals surface area contributed by atoms with Crippen molar-refractivity contribution in [3.63, 3.8) is 0 Å². The van der Waals surface area contributed by atoms with Gasteiger partial charge in [0.05, 0.1) is 11.8 Å². The lowest BCUT2D eigenvalue weighted by atomic mass is 10.1. The minimum Gasteiger partial charge on any atom is -0.489 e. The summed E-state index contributed by atoms with van der Waals surface area (Å²) in [6, 6.07) is 5.74. The number of ether oxygens (including phenoxy) is 1. The van der Waals surface area contributed by atoms with E-state index in [1.165, 1.54) is 0 Å². The largest absolute Gasteiger partial charge is 0.489 e. The predicted molar refractivity (Wildman–Crippen MR) is 92.2 cm³/mol. The van der Waals surface area contributed by atoms with E-state index >= 15 is 0 Å². The van der Waals surface area contributed by atoms with Crippen molar-refractivity contribution in [1.29, 1.82) is 0 Å². The highest BCUT2D eigenvalue weighted by molar-refractivity contribution is 5.75. The number of hydrazine groups is 1. The highest BCUT2D eigenvalue weighted by Crippen LogP contribution is 2.24. The SMILES string of the molecule is CC(C)Oc1ccc(CCC(=O)NN2CCN(C)CC2)cc1N. The van der Waals surface area contributed by atoms with Crippen LogP contribution < -0.4 is 15.9 Å². The number of aryl methyl sites for hydroxylation is 1. The van der Waals surface area contributed by atoms with E-state index in [9.17, 15) is 4.79 Å². The molecule has 2 rings (SSSR count). The molecule has 1 heterocycles. The van der Waals surface area contributed by atoms with Gasteiger partial charge in [-0.15, -0.1) is 0 Å². The molecule has 0 aromatic heterocycles. The van der Waals surface area contributed by atoms with Gasteiger partial charge in [0.15, 0.2) is 0 Å². The maximum atomic E-state index is 12.0. The van der Waals surface area contributed by atoms with Crippen molar-refractivity contribution < 1.29 is 9.53 Å². The Morgan fingerprint density at radius 1 is 1.30 bits per heavy atom. The Labute approximate surface area is 138 Å². The van der Waals surface area contributed by atoms with Crippen LogP contribution in [0.5, 0.6) is 5.75 Å². The molecule has 128 valence electrons. The summed E-state index contributed by atoms with van der Waals surface area (Å²) in [5, 5.41) is 2.00. The molecule has 0 radical (unpaired) electrons. The fourth-order valence-electron chi connectivity index (χ4n) is 2.52. The van der Waals surface area contributed by atoms with Gasteiger partial charge in [0.25, 0.3) is 0 Å². The van der Waals surface area contributed by atoms with Crippen molar-refractivity contribution in [2.24, 2.45) is 0 Å². The number of nitrogens with one attached hydrogen (secondary N) is 1. The Morgan fingerprint density at radius 3 is 2.61 bits per heavy atom. The highest BCUT2D eigenvalue weighted by atomic mass is 16.5. The van der Waals surface area contributed by atoms with Crippen LogP contribution >= 0.6 is 0 Å². The number of piperazine rings is 1. The summed E-state index contributed by atoms with van der Waals surface area (Å²) < 4.78 is 5.62. The van der Waals surface area contributed by atoms with E-state index in [1.54, 1.807) is 0 Å². The summed E-state index contributed by atoms with van der Waals surface area (Å²) in [6.07, 6.45) is 1.22. The zero-order valence-corrected chi connectivity index (χ0v) is 14.3. The zero-order chi connectivity index (χ0) is 16.8. The van der Waals surface area contributed by atoms with Gasteiger partial charge in [-0.3, -0.25) is 10.2 Å². The van der Waals surface area contributed by atoms with Gasteiger partial charge in [-0.05, 0) is 45.0 Å². The maximum absolute atomic E-state index is 12.0.